The van der Waals surface area contributed by atoms with Gasteiger partial charge in [-0.2, -0.15) is 0 Å². The van der Waals surface area contributed by atoms with Crippen molar-refractivity contribution in [2.75, 3.05) is 0 Å². The first-order valence-corrected chi connectivity index (χ1v) is 6.04. The normalized spacial score (nSPS) is 10.1. The van der Waals surface area contributed by atoms with Crippen LogP contribution in [0.1, 0.15) is 5.56 Å². The first kappa shape index (κ1) is 12.6. The molecule has 0 saturated carbocycles. The van der Waals surface area contributed by atoms with E-state index in [1.807, 2.05) is 24.3 Å². The van der Waals surface area contributed by atoms with Crippen LogP contribution in [-0.2, 0) is 0 Å². The van der Waals surface area contributed by atoms with Gasteiger partial charge < -0.3 is 4.74 Å². The molecule has 0 aliphatic carbocycles. The Morgan fingerprint density at radius 2 is 1.94 bits per heavy atom. The van der Waals surface area contributed by atoms with Crippen LogP contribution in [-0.4, -0.2) is 4.92 Å². The van der Waals surface area contributed by atoms with Gasteiger partial charge in [0.25, 0.3) is 5.69 Å². The maximum atomic E-state index is 10.7. The summed E-state index contributed by atoms with van der Waals surface area (Å²) in [6.45, 7) is 1.69. The van der Waals surface area contributed by atoms with E-state index in [1.54, 1.807) is 19.1 Å². The summed E-state index contributed by atoms with van der Waals surface area (Å²) in [7, 11) is 0. The predicted octanol–water partition coefficient (Wildman–Crippen LogP) is 4.46. The van der Waals surface area contributed by atoms with E-state index in [9.17, 15) is 10.1 Å². The highest BCUT2D eigenvalue weighted by molar-refractivity contribution is 9.10. The zero-order valence-corrected chi connectivity index (χ0v) is 11.2. The summed E-state index contributed by atoms with van der Waals surface area (Å²) in [4.78, 5) is 10.3. The number of nitrogens with zero attached hydrogens (tertiary/aromatic N) is 1. The Hall–Kier alpha value is -1.88. The first-order chi connectivity index (χ1) is 8.58. The number of ether oxygens (including phenoxy) is 1. The zero-order valence-electron chi connectivity index (χ0n) is 9.59. The Morgan fingerprint density at radius 3 is 2.56 bits per heavy atom. The molecule has 4 nitrogen and oxygen atoms in total. The van der Waals surface area contributed by atoms with Crippen LogP contribution in [0.3, 0.4) is 0 Å². The van der Waals surface area contributed by atoms with E-state index < -0.39 is 4.92 Å². The quantitative estimate of drug-likeness (QED) is 0.621. The lowest BCUT2D eigenvalue weighted by Gasteiger charge is -2.08. The van der Waals surface area contributed by atoms with Gasteiger partial charge in [0.15, 0.2) is 0 Å². The Kier molecular flexibility index (Phi) is 3.62. The fraction of sp³-hybridized carbons (Fsp3) is 0.0769. The minimum Gasteiger partial charge on any atom is -0.456 e. The lowest BCUT2D eigenvalue weighted by Crippen LogP contribution is -1.92. The molecule has 0 spiro atoms. The molecule has 0 bridgehead atoms. The Balaban J connectivity index is 2.29. The molecule has 0 fully saturated rings. The van der Waals surface area contributed by atoms with Crippen LogP contribution in [0.2, 0.25) is 0 Å². The maximum Gasteiger partial charge on any atom is 0.272 e. The molecule has 0 unspecified atom stereocenters. The van der Waals surface area contributed by atoms with Crippen molar-refractivity contribution in [3.8, 4) is 11.5 Å². The number of benzene rings is 2. The number of nitro benzene ring substituents is 1. The van der Waals surface area contributed by atoms with E-state index in [0.717, 1.165) is 4.47 Å². The fourth-order valence-electron chi connectivity index (χ4n) is 1.55. The Bertz CT molecular complexity index is 599. The molecule has 18 heavy (non-hydrogen) atoms. The number of hydrogen-bond donors (Lipinski definition) is 0. The predicted molar refractivity (Wildman–Crippen MR) is 72.0 cm³/mol. The van der Waals surface area contributed by atoms with Crippen LogP contribution < -0.4 is 4.74 Å². The van der Waals surface area contributed by atoms with E-state index in [2.05, 4.69) is 15.9 Å². The summed E-state index contributed by atoms with van der Waals surface area (Å²) < 4.78 is 6.49. The SMILES string of the molecule is Cc1cc(Oc2ccccc2Br)ccc1[N+](=O)[O-]. The first-order valence-electron chi connectivity index (χ1n) is 5.25. The number of aryl methyl sites for hydroxylation is 1. The number of nitro groups is 1. The monoisotopic (exact) mass is 307 g/mol. The average Bonchev–Trinajstić information content (AvgIpc) is 2.32. The molecule has 0 aliphatic rings. The lowest BCUT2D eigenvalue weighted by molar-refractivity contribution is -0.385. The van der Waals surface area contributed by atoms with Crippen LogP contribution >= 0.6 is 15.9 Å². The van der Waals surface area contributed by atoms with E-state index in [0.29, 0.717) is 17.1 Å². The molecule has 0 heterocycles. The largest absolute Gasteiger partial charge is 0.456 e. The average molecular weight is 308 g/mol. The van der Waals surface area contributed by atoms with Crippen LogP contribution in [0.4, 0.5) is 5.69 Å². The van der Waals surface area contributed by atoms with E-state index in [1.165, 1.54) is 6.07 Å². The second kappa shape index (κ2) is 5.18. The molecule has 2 aromatic carbocycles. The summed E-state index contributed by atoms with van der Waals surface area (Å²) in [6, 6.07) is 12.1. The topological polar surface area (TPSA) is 52.4 Å². The standard InChI is InChI=1S/C13H10BrNO3/c1-9-8-10(6-7-12(9)15(16)17)18-13-5-3-2-4-11(13)14/h2-8H,1H3. The second-order valence-electron chi connectivity index (χ2n) is 3.74. The van der Waals surface area contributed by atoms with Crippen molar-refractivity contribution in [1.29, 1.82) is 0 Å². The van der Waals surface area contributed by atoms with E-state index in [-0.39, 0.29) is 5.69 Å². The number of para-hydroxylation sites is 1. The Morgan fingerprint density at radius 1 is 1.22 bits per heavy atom. The summed E-state index contributed by atoms with van der Waals surface area (Å²) in [6.07, 6.45) is 0. The van der Waals surface area contributed by atoms with Gasteiger partial charge in [-0.1, -0.05) is 12.1 Å². The summed E-state index contributed by atoms with van der Waals surface area (Å²) in [5, 5.41) is 10.7. The molecule has 0 atom stereocenters. The molecular weight excluding hydrogens is 298 g/mol. The van der Waals surface area contributed by atoms with Crippen molar-refractivity contribution in [2.24, 2.45) is 0 Å². The highest BCUT2D eigenvalue weighted by Crippen LogP contribution is 2.31. The highest BCUT2D eigenvalue weighted by atomic mass is 79.9. The van der Waals surface area contributed by atoms with Crippen molar-refractivity contribution < 1.29 is 9.66 Å². The minimum absolute atomic E-state index is 0.0921. The van der Waals surface area contributed by atoms with Gasteiger partial charge >= 0.3 is 0 Å². The minimum atomic E-state index is -0.405. The number of rotatable bonds is 3. The number of hydrogen-bond acceptors (Lipinski definition) is 3. The van der Waals surface area contributed by atoms with Gasteiger partial charge in [-0.3, -0.25) is 10.1 Å². The number of halogens is 1. The highest BCUT2D eigenvalue weighted by Gasteiger charge is 2.11. The third-order valence-corrected chi connectivity index (χ3v) is 3.08. The van der Waals surface area contributed by atoms with E-state index >= 15 is 0 Å². The van der Waals surface area contributed by atoms with Gasteiger partial charge in [0, 0.05) is 11.6 Å². The van der Waals surface area contributed by atoms with Crippen molar-refractivity contribution >= 4 is 21.6 Å². The molecule has 0 saturated heterocycles. The summed E-state index contributed by atoms with van der Waals surface area (Å²) >= 11 is 3.38. The van der Waals surface area contributed by atoms with Gasteiger partial charge in [-0.05, 0) is 47.1 Å². The molecule has 2 rings (SSSR count). The maximum absolute atomic E-state index is 10.7. The van der Waals surface area contributed by atoms with Crippen molar-refractivity contribution in [2.45, 2.75) is 6.92 Å². The van der Waals surface area contributed by atoms with Gasteiger partial charge in [0.1, 0.15) is 11.5 Å². The molecule has 5 heteroatoms. The van der Waals surface area contributed by atoms with Gasteiger partial charge in [-0.15, -0.1) is 0 Å². The van der Waals surface area contributed by atoms with Crippen LogP contribution in [0.5, 0.6) is 11.5 Å². The molecule has 0 aliphatic heterocycles. The third-order valence-electron chi connectivity index (χ3n) is 2.43. The van der Waals surface area contributed by atoms with Crippen LogP contribution in [0.25, 0.3) is 0 Å². The van der Waals surface area contributed by atoms with Gasteiger partial charge in [-0.25, -0.2) is 0 Å². The van der Waals surface area contributed by atoms with E-state index in [4.69, 9.17) is 4.74 Å². The summed E-state index contributed by atoms with van der Waals surface area (Å²) in [5.41, 5.74) is 0.666. The van der Waals surface area contributed by atoms with Gasteiger partial charge in [0.05, 0.1) is 9.40 Å². The van der Waals surface area contributed by atoms with Gasteiger partial charge in [0.2, 0.25) is 0 Å². The smallest absolute Gasteiger partial charge is 0.272 e. The van der Waals surface area contributed by atoms with Crippen LogP contribution in [0, 0.1) is 17.0 Å². The molecule has 2 aromatic rings. The van der Waals surface area contributed by atoms with Crippen molar-refractivity contribution in [3.63, 3.8) is 0 Å². The molecule has 0 aromatic heterocycles. The van der Waals surface area contributed by atoms with Crippen LogP contribution in [0.15, 0.2) is 46.9 Å². The zero-order chi connectivity index (χ0) is 13.1. The fourth-order valence-corrected chi connectivity index (χ4v) is 1.92. The van der Waals surface area contributed by atoms with Crippen molar-refractivity contribution in [1.82, 2.24) is 0 Å². The molecule has 0 amide bonds. The molecular formula is C13H10BrNO3. The molecule has 92 valence electrons. The lowest BCUT2D eigenvalue weighted by atomic mass is 10.2. The second-order valence-corrected chi connectivity index (χ2v) is 4.59. The van der Waals surface area contributed by atoms with Crippen molar-refractivity contribution in [3.05, 3.63) is 62.6 Å². The molecule has 0 radical (unpaired) electrons. The summed E-state index contributed by atoms with van der Waals surface area (Å²) in [5.74, 6) is 1.25. The molecule has 0 N–H and O–H groups in total. The third kappa shape index (κ3) is 2.68. The Labute approximate surface area is 112 Å².